The Morgan fingerprint density at radius 3 is 2.58 bits per heavy atom. The molecule has 1 N–H and O–H groups in total. The van der Waals surface area contributed by atoms with E-state index in [4.69, 9.17) is 0 Å². The molecule has 0 bridgehead atoms. The summed E-state index contributed by atoms with van der Waals surface area (Å²) in [6.45, 7) is 1.55. The first-order chi connectivity index (χ1) is 5.44. The molecule has 0 aliphatic rings. The molecule has 0 aromatic carbocycles. The molecule has 66 valence electrons. The minimum absolute atomic E-state index is 0.454. The Bertz CT molecular complexity index is 406. The highest BCUT2D eigenvalue weighted by molar-refractivity contribution is 7.85. The number of nitrogens with one attached hydrogen (secondary N) is 1. The highest BCUT2D eigenvalue weighted by Gasteiger charge is 2.30. The van der Waals surface area contributed by atoms with E-state index in [0.29, 0.717) is 5.69 Å². The predicted octanol–water partition coefficient (Wildman–Crippen LogP) is -0.316. The van der Waals surface area contributed by atoms with Gasteiger partial charge >= 0.3 is 10.0 Å². The van der Waals surface area contributed by atoms with Gasteiger partial charge in [-0.25, -0.2) is 15.1 Å². The van der Waals surface area contributed by atoms with Crippen molar-refractivity contribution in [3.8, 4) is 0 Å². The fraction of sp³-hybridized carbons (Fsp3) is 0.250. The minimum atomic E-state index is -4.50. The Morgan fingerprint density at radius 2 is 2.25 bits per heavy atom. The van der Waals surface area contributed by atoms with Gasteiger partial charge in [-0.2, -0.15) is 8.42 Å². The van der Waals surface area contributed by atoms with Crippen molar-refractivity contribution in [1.82, 2.24) is 9.97 Å². The third-order valence-corrected chi connectivity index (χ3v) is 2.21. The lowest BCUT2D eigenvalue weighted by atomic mass is 10.6. The van der Waals surface area contributed by atoms with Gasteiger partial charge in [-0.15, -0.1) is 0 Å². The maximum absolute atomic E-state index is 10.8. The zero-order valence-corrected chi connectivity index (χ0v) is 6.83. The van der Waals surface area contributed by atoms with Crippen LogP contribution in [0.15, 0.2) is 11.4 Å². The van der Waals surface area contributed by atoms with Crippen LogP contribution in [0, 0.1) is 17.0 Å². The van der Waals surface area contributed by atoms with Gasteiger partial charge in [0.2, 0.25) is 0 Å². The summed E-state index contributed by atoms with van der Waals surface area (Å²) in [4.78, 5) is 15.6. The summed E-state index contributed by atoms with van der Waals surface area (Å²) in [5, 5.41) is 9.35. The zero-order chi connectivity index (χ0) is 9.35. The predicted molar refractivity (Wildman–Crippen MR) is 37.5 cm³/mol. The van der Waals surface area contributed by atoms with Crippen molar-refractivity contribution in [2.24, 2.45) is 0 Å². The molecular formula is C4H5N3O4S. The van der Waals surface area contributed by atoms with E-state index in [1.54, 1.807) is 6.92 Å². The maximum Gasteiger partial charge on any atom is 0.482 e. The molecule has 0 amide bonds. The minimum Gasteiger partial charge on any atom is -0.327 e. The molecule has 0 saturated carbocycles. The molecule has 1 rings (SSSR count). The fourth-order valence-corrected chi connectivity index (χ4v) is 1.21. The first kappa shape index (κ1) is 8.65. The van der Waals surface area contributed by atoms with Crippen molar-refractivity contribution in [3.63, 3.8) is 0 Å². The van der Waals surface area contributed by atoms with Crippen LogP contribution < -0.4 is 0 Å². The third kappa shape index (κ3) is 1.28. The molecule has 7 nitrogen and oxygen atoms in total. The number of hydrogen-bond acceptors (Lipinski definition) is 5. The Hall–Kier alpha value is -1.44. The van der Waals surface area contributed by atoms with Gasteiger partial charge in [-0.1, -0.05) is 0 Å². The molecule has 0 atom stereocenters. The van der Waals surface area contributed by atoms with Crippen molar-refractivity contribution in [2.45, 2.75) is 12.1 Å². The van der Waals surface area contributed by atoms with E-state index in [9.17, 15) is 18.5 Å². The quantitative estimate of drug-likeness (QED) is 0.509. The number of aromatic amines is 1. The number of H-pyrrole nitrogens is 1. The molecule has 1 heterocycles. The molecule has 0 aliphatic carbocycles. The number of sulfonamides is 1. The number of imidazole rings is 1. The lowest BCUT2D eigenvalue weighted by Crippen LogP contribution is -2.14. The van der Waals surface area contributed by atoms with Crippen LogP contribution in [0.2, 0.25) is 0 Å². The highest BCUT2D eigenvalue weighted by Crippen LogP contribution is 2.05. The number of nitro groups is 1. The van der Waals surface area contributed by atoms with Crippen LogP contribution in [0.4, 0.5) is 0 Å². The van der Waals surface area contributed by atoms with Crippen molar-refractivity contribution >= 4 is 10.0 Å². The van der Waals surface area contributed by atoms with Crippen LogP contribution >= 0.6 is 0 Å². The number of aromatic nitrogens is 2. The van der Waals surface area contributed by atoms with E-state index < -0.39 is 19.5 Å². The fourth-order valence-electron chi connectivity index (χ4n) is 0.590. The average Bonchev–Trinajstić information content (AvgIpc) is 2.35. The zero-order valence-electron chi connectivity index (χ0n) is 6.01. The van der Waals surface area contributed by atoms with E-state index in [2.05, 4.69) is 9.97 Å². The van der Waals surface area contributed by atoms with Gasteiger partial charge < -0.3 is 4.98 Å². The monoisotopic (exact) mass is 191 g/mol. The number of hydrogen-bond donors (Lipinski definition) is 1. The summed E-state index contributed by atoms with van der Waals surface area (Å²) in [7, 11) is -4.50. The van der Waals surface area contributed by atoms with E-state index in [1.807, 2.05) is 0 Å². The van der Waals surface area contributed by atoms with E-state index in [0.717, 1.165) is 0 Å². The largest absolute Gasteiger partial charge is 0.482 e. The van der Waals surface area contributed by atoms with E-state index in [1.165, 1.54) is 6.20 Å². The Kier molecular flexibility index (Phi) is 1.84. The molecular weight excluding hydrogens is 186 g/mol. The topological polar surface area (TPSA) is 106 Å². The van der Waals surface area contributed by atoms with Gasteiger partial charge in [-0.3, -0.25) is 0 Å². The van der Waals surface area contributed by atoms with Gasteiger partial charge in [0, 0.05) is 11.9 Å². The van der Waals surface area contributed by atoms with Crippen LogP contribution in [0.1, 0.15) is 5.69 Å². The second kappa shape index (κ2) is 2.55. The summed E-state index contributed by atoms with van der Waals surface area (Å²) in [5.41, 5.74) is 0.454. The number of rotatable bonds is 2. The number of aryl methyl sites for hydroxylation is 1. The first-order valence-corrected chi connectivity index (χ1v) is 4.30. The summed E-state index contributed by atoms with van der Waals surface area (Å²) in [5.74, 6) is 0. The van der Waals surface area contributed by atoms with Gasteiger partial charge in [0.25, 0.3) is 5.16 Å². The standard InChI is InChI=1S/C4H5N3O4S/c1-3-2-5-4(6-3)12(10,11)7(8)9/h2H,1H3,(H,5,6). The Morgan fingerprint density at radius 1 is 1.67 bits per heavy atom. The Balaban J connectivity index is 3.24. The second-order valence-corrected chi connectivity index (χ2v) is 3.71. The highest BCUT2D eigenvalue weighted by atomic mass is 32.2. The van der Waals surface area contributed by atoms with Gasteiger partial charge in [0.15, 0.2) is 4.33 Å². The van der Waals surface area contributed by atoms with Crippen LogP contribution in [-0.2, 0) is 10.0 Å². The molecule has 0 saturated heterocycles. The average molecular weight is 191 g/mol. The smallest absolute Gasteiger partial charge is 0.327 e. The van der Waals surface area contributed by atoms with Crippen LogP contribution in [0.5, 0.6) is 0 Å². The molecule has 0 fully saturated rings. The number of nitrogens with zero attached hydrogens (tertiary/aromatic N) is 2. The lowest BCUT2D eigenvalue weighted by Gasteiger charge is -1.87. The Labute approximate surface area is 67.6 Å². The normalized spacial score (nSPS) is 11.4. The van der Waals surface area contributed by atoms with Crippen LogP contribution in [-0.4, -0.2) is 22.7 Å². The van der Waals surface area contributed by atoms with Crippen molar-refractivity contribution in [1.29, 1.82) is 0 Å². The molecule has 12 heavy (non-hydrogen) atoms. The van der Waals surface area contributed by atoms with Gasteiger partial charge in [-0.05, 0) is 6.92 Å². The molecule has 0 aliphatic heterocycles. The molecule has 0 unspecified atom stereocenters. The molecule has 1 aromatic rings. The van der Waals surface area contributed by atoms with Crippen LogP contribution in [0.3, 0.4) is 0 Å². The second-order valence-electron chi connectivity index (χ2n) is 2.07. The SMILES string of the molecule is Cc1cnc(S(=O)(=O)[N+](=O)[O-])[nH]1. The van der Waals surface area contributed by atoms with E-state index >= 15 is 0 Å². The van der Waals surface area contributed by atoms with Crippen LogP contribution in [0.25, 0.3) is 0 Å². The summed E-state index contributed by atoms with van der Waals surface area (Å²) in [6.07, 6.45) is 1.20. The molecule has 1 aromatic heterocycles. The maximum atomic E-state index is 10.8. The van der Waals surface area contributed by atoms with E-state index in [-0.39, 0.29) is 0 Å². The summed E-state index contributed by atoms with van der Waals surface area (Å²) in [6, 6.07) is 0. The molecule has 8 heteroatoms. The molecule has 0 spiro atoms. The van der Waals surface area contributed by atoms with Crippen molar-refractivity contribution < 1.29 is 12.7 Å². The lowest BCUT2D eigenvalue weighted by molar-refractivity contribution is -0.305. The van der Waals surface area contributed by atoms with Gasteiger partial charge in [0.05, 0.1) is 0 Å². The van der Waals surface area contributed by atoms with Crippen molar-refractivity contribution in [3.05, 3.63) is 22.0 Å². The third-order valence-electron chi connectivity index (χ3n) is 1.12. The van der Waals surface area contributed by atoms with Crippen molar-refractivity contribution in [2.75, 3.05) is 0 Å². The summed E-state index contributed by atoms with van der Waals surface area (Å²) >= 11 is 0. The summed E-state index contributed by atoms with van der Waals surface area (Å²) < 4.78 is 20.1. The van der Waals surface area contributed by atoms with Gasteiger partial charge in [0.1, 0.15) is 0 Å². The molecule has 0 radical (unpaired) electrons. The first-order valence-electron chi connectivity index (χ1n) is 2.86.